The van der Waals surface area contributed by atoms with Gasteiger partial charge in [-0.3, -0.25) is 4.79 Å². The van der Waals surface area contributed by atoms with Crippen LogP contribution in [0.1, 0.15) is 19.8 Å². The van der Waals surface area contributed by atoms with E-state index in [1.807, 2.05) is 6.92 Å². The minimum atomic E-state index is -1.28. The second-order valence-electron chi connectivity index (χ2n) is 4.00. The van der Waals surface area contributed by atoms with Gasteiger partial charge >= 0.3 is 12.0 Å². The molecule has 0 aromatic carbocycles. The van der Waals surface area contributed by atoms with Gasteiger partial charge in [0.05, 0.1) is 6.42 Å². The number of primary amides is 1. The number of carboxylic acid groups (broad SMARTS) is 1. The van der Waals surface area contributed by atoms with Crippen LogP contribution >= 0.6 is 0 Å². The monoisotopic (exact) mass is 229 g/mol. The van der Waals surface area contributed by atoms with Crippen molar-refractivity contribution in [2.24, 2.45) is 11.7 Å². The second kappa shape index (κ2) is 4.82. The Hall–Kier alpha value is -1.79. The summed E-state index contributed by atoms with van der Waals surface area (Å²) in [6.45, 7) is 1.98. The molecule has 0 aromatic rings. The highest BCUT2D eigenvalue weighted by Crippen LogP contribution is 2.28. The number of carbonyl (C=O) groups excluding carboxylic acids is 2. The number of urea groups is 1. The van der Waals surface area contributed by atoms with E-state index in [2.05, 4.69) is 10.6 Å². The van der Waals surface area contributed by atoms with Gasteiger partial charge in [-0.25, -0.2) is 9.59 Å². The molecule has 0 bridgehead atoms. The lowest BCUT2D eigenvalue weighted by Crippen LogP contribution is -2.48. The molecule has 7 nitrogen and oxygen atoms in total. The van der Waals surface area contributed by atoms with Gasteiger partial charge < -0.3 is 21.5 Å². The minimum absolute atomic E-state index is 0.100. The van der Waals surface area contributed by atoms with Crippen molar-refractivity contribution >= 4 is 17.9 Å². The zero-order valence-corrected chi connectivity index (χ0v) is 8.90. The van der Waals surface area contributed by atoms with Crippen LogP contribution in [0.25, 0.3) is 0 Å². The number of aliphatic carboxylic acids is 1. The Balaban J connectivity index is 2.38. The van der Waals surface area contributed by atoms with Crippen molar-refractivity contribution in [1.82, 2.24) is 10.6 Å². The van der Waals surface area contributed by atoms with Gasteiger partial charge in [0, 0.05) is 6.04 Å². The first kappa shape index (κ1) is 12.3. The van der Waals surface area contributed by atoms with E-state index in [0.717, 1.165) is 6.42 Å². The number of nitrogens with one attached hydrogen (secondary N) is 2. The SMILES string of the molecule is CC1CC1NC(=O)N[C@@H](CC(N)=O)C(=O)O. The van der Waals surface area contributed by atoms with Crippen LogP contribution in [-0.4, -0.2) is 35.1 Å². The van der Waals surface area contributed by atoms with Crippen LogP contribution in [0, 0.1) is 5.92 Å². The van der Waals surface area contributed by atoms with Crippen LogP contribution in [0.15, 0.2) is 0 Å². The first-order valence-electron chi connectivity index (χ1n) is 4.98. The molecule has 0 saturated heterocycles. The van der Waals surface area contributed by atoms with Crippen LogP contribution in [0.4, 0.5) is 4.79 Å². The van der Waals surface area contributed by atoms with E-state index in [0.29, 0.717) is 5.92 Å². The number of hydrogen-bond acceptors (Lipinski definition) is 3. The number of rotatable bonds is 5. The summed E-state index contributed by atoms with van der Waals surface area (Å²) in [4.78, 5) is 32.6. The molecular formula is C9H15N3O4. The topological polar surface area (TPSA) is 122 Å². The zero-order valence-electron chi connectivity index (χ0n) is 8.90. The summed E-state index contributed by atoms with van der Waals surface area (Å²) in [6.07, 6.45) is 0.476. The average molecular weight is 229 g/mol. The number of nitrogens with two attached hydrogens (primary N) is 1. The number of carbonyl (C=O) groups is 3. The highest BCUT2D eigenvalue weighted by molar-refractivity contribution is 5.87. The minimum Gasteiger partial charge on any atom is -0.480 e. The Kier molecular flexibility index (Phi) is 3.70. The van der Waals surface area contributed by atoms with E-state index in [4.69, 9.17) is 10.8 Å². The number of carboxylic acids is 1. The molecule has 3 amide bonds. The third kappa shape index (κ3) is 3.76. The van der Waals surface area contributed by atoms with Gasteiger partial charge in [-0.1, -0.05) is 6.92 Å². The molecule has 0 aromatic heterocycles. The van der Waals surface area contributed by atoms with Gasteiger partial charge in [-0.2, -0.15) is 0 Å². The molecule has 16 heavy (non-hydrogen) atoms. The predicted molar refractivity (Wildman–Crippen MR) is 54.5 cm³/mol. The Bertz CT molecular complexity index is 318. The molecule has 2 unspecified atom stereocenters. The van der Waals surface area contributed by atoms with Crippen molar-refractivity contribution in [3.8, 4) is 0 Å². The maximum absolute atomic E-state index is 11.3. The molecule has 0 heterocycles. The van der Waals surface area contributed by atoms with Crippen molar-refractivity contribution in [3.05, 3.63) is 0 Å². The van der Waals surface area contributed by atoms with E-state index in [1.54, 1.807) is 0 Å². The summed E-state index contributed by atoms with van der Waals surface area (Å²) in [6, 6.07) is -1.75. The lowest BCUT2D eigenvalue weighted by molar-refractivity contribution is -0.140. The van der Waals surface area contributed by atoms with Crippen molar-refractivity contribution < 1.29 is 19.5 Å². The predicted octanol–water partition coefficient (Wildman–Crippen LogP) is -0.977. The zero-order chi connectivity index (χ0) is 12.3. The Morgan fingerprint density at radius 3 is 2.44 bits per heavy atom. The summed E-state index contributed by atoms with van der Waals surface area (Å²) < 4.78 is 0. The largest absolute Gasteiger partial charge is 0.480 e. The molecule has 7 heteroatoms. The summed E-state index contributed by atoms with van der Waals surface area (Å²) in [5.74, 6) is -1.63. The quantitative estimate of drug-likeness (QED) is 0.484. The summed E-state index contributed by atoms with van der Waals surface area (Å²) in [5.41, 5.74) is 4.87. The molecule has 90 valence electrons. The first-order valence-corrected chi connectivity index (χ1v) is 4.98. The molecule has 0 spiro atoms. The Labute approximate surface area is 92.4 Å². The number of amides is 3. The van der Waals surface area contributed by atoms with Crippen LogP contribution in [0.2, 0.25) is 0 Å². The molecule has 1 fully saturated rings. The van der Waals surface area contributed by atoms with Gasteiger partial charge in [-0.05, 0) is 12.3 Å². The number of hydrogen-bond donors (Lipinski definition) is 4. The first-order chi connectivity index (χ1) is 7.40. The Morgan fingerprint density at radius 1 is 1.50 bits per heavy atom. The van der Waals surface area contributed by atoms with E-state index < -0.39 is 30.4 Å². The molecule has 1 aliphatic carbocycles. The molecule has 0 aliphatic heterocycles. The molecule has 1 rings (SSSR count). The fraction of sp³-hybridized carbons (Fsp3) is 0.667. The van der Waals surface area contributed by atoms with Gasteiger partial charge in [0.25, 0.3) is 0 Å². The lowest BCUT2D eigenvalue weighted by atomic mass is 10.2. The Morgan fingerprint density at radius 2 is 2.06 bits per heavy atom. The fourth-order valence-electron chi connectivity index (χ4n) is 1.29. The third-order valence-electron chi connectivity index (χ3n) is 2.43. The maximum atomic E-state index is 11.3. The van der Waals surface area contributed by atoms with Crippen molar-refractivity contribution in [2.75, 3.05) is 0 Å². The molecule has 5 N–H and O–H groups in total. The van der Waals surface area contributed by atoms with E-state index >= 15 is 0 Å². The fourth-order valence-corrected chi connectivity index (χ4v) is 1.29. The second-order valence-corrected chi connectivity index (χ2v) is 4.00. The molecule has 3 atom stereocenters. The maximum Gasteiger partial charge on any atom is 0.326 e. The smallest absolute Gasteiger partial charge is 0.326 e. The van der Waals surface area contributed by atoms with Gasteiger partial charge in [0.15, 0.2) is 0 Å². The van der Waals surface area contributed by atoms with Crippen LogP contribution in [0.3, 0.4) is 0 Å². The summed E-state index contributed by atoms with van der Waals surface area (Å²) >= 11 is 0. The molecule has 0 radical (unpaired) electrons. The van der Waals surface area contributed by atoms with E-state index in [-0.39, 0.29) is 6.04 Å². The normalized spacial score (nSPS) is 24.3. The highest BCUT2D eigenvalue weighted by Gasteiger charge is 2.34. The summed E-state index contributed by atoms with van der Waals surface area (Å²) in [5, 5.41) is 13.5. The van der Waals surface area contributed by atoms with E-state index in [9.17, 15) is 14.4 Å². The molecule has 1 saturated carbocycles. The third-order valence-corrected chi connectivity index (χ3v) is 2.43. The van der Waals surface area contributed by atoms with Crippen molar-refractivity contribution in [2.45, 2.75) is 31.8 Å². The van der Waals surface area contributed by atoms with E-state index in [1.165, 1.54) is 0 Å². The van der Waals surface area contributed by atoms with Crippen LogP contribution in [-0.2, 0) is 9.59 Å². The van der Waals surface area contributed by atoms with Crippen LogP contribution in [0.5, 0.6) is 0 Å². The van der Waals surface area contributed by atoms with Gasteiger partial charge in [0.2, 0.25) is 5.91 Å². The molecular weight excluding hydrogens is 214 g/mol. The summed E-state index contributed by atoms with van der Waals surface area (Å²) in [7, 11) is 0. The highest BCUT2D eigenvalue weighted by atomic mass is 16.4. The van der Waals surface area contributed by atoms with Gasteiger partial charge in [0.1, 0.15) is 6.04 Å². The van der Waals surface area contributed by atoms with Gasteiger partial charge in [-0.15, -0.1) is 0 Å². The van der Waals surface area contributed by atoms with Crippen LogP contribution < -0.4 is 16.4 Å². The lowest BCUT2D eigenvalue weighted by Gasteiger charge is -2.13. The average Bonchev–Trinajstić information content (AvgIpc) is 2.79. The standard InChI is InChI=1S/C9H15N3O4/c1-4-2-5(4)11-9(16)12-6(8(14)15)3-7(10)13/h4-6H,2-3H2,1H3,(H2,10,13)(H,14,15)(H2,11,12,16)/t4?,5?,6-/m0/s1. The van der Waals surface area contributed by atoms with Crippen molar-refractivity contribution in [1.29, 1.82) is 0 Å². The van der Waals surface area contributed by atoms with Crippen molar-refractivity contribution in [3.63, 3.8) is 0 Å². The molecule has 1 aliphatic rings.